The van der Waals surface area contributed by atoms with E-state index in [1.54, 1.807) is 188 Å². The molecule has 6 amide bonds. The molecule has 512 valence electrons. The number of ether oxygens (including phenoxy) is 8. The maximum atomic E-state index is 15.9. The number of nitrogens with zero attached hydrogens (tertiary/aromatic N) is 5. The molecule has 4 aliphatic rings. The fraction of sp³-hybridized carbons (Fsp3) is 0.130. The quantitative estimate of drug-likeness (QED) is 0.0361. The highest BCUT2D eigenvalue weighted by atomic mass is 32.1. The number of carbonyl (C=O) groups is 10. The summed E-state index contributed by atoms with van der Waals surface area (Å²) < 4.78 is 48.9. The minimum absolute atomic E-state index is 0.00796. The van der Waals surface area contributed by atoms with Gasteiger partial charge >= 0.3 is 47.3 Å². The number of rotatable bonds is 18. The first-order valence-electron chi connectivity index (χ1n) is 31.5. The molecule has 2 N–H and O–H groups in total. The molecule has 0 spiro atoms. The Kier molecular flexibility index (Phi) is 19.2. The van der Waals surface area contributed by atoms with Crippen LogP contribution in [0.5, 0.6) is 11.5 Å². The van der Waals surface area contributed by atoms with Gasteiger partial charge in [-0.1, -0.05) is 182 Å². The fourth-order valence-electron chi connectivity index (χ4n) is 11.5. The number of benzene rings is 7. The number of nitrogens with two attached hydrogens (primary N) is 1. The monoisotopic (exact) mass is 1410 g/mol. The molecule has 0 atom stereocenters. The van der Waals surface area contributed by atoms with Gasteiger partial charge in [-0.05, 0) is 59.4 Å². The zero-order valence-electron chi connectivity index (χ0n) is 54.4. The molecular weight excluding hydrogens is 1360 g/mol. The van der Waals surface area contributed by atoms with E-state index >= 15 is 19.2 Å². The lowest BCUT2D eigenvalue weighted by Crippen LogP contribution is -2.54. The van der Waals surface area contributed by atoms with Crippen molar-refractivity contribution in [3.8, 4) is 38.4 Å². The van der Waals surface area contributed by atoms with E-state index < -0.39 is 120 Å². The van der Waals surface area contributed by atoms with Gasteiger partial charge in [-0.25, -0.2) is 38.8 Å². The molecular formula is C77H54N6O18S2. The number of hydrogen-bond acceptors (Lipinski definition) is 24. The zero-order valence-corrected chi connectivity index (χ0v) is 56.0. The molecule has 9 aromatic rings. The Balaban J connectivity index is 1.03. The molecule has 7 aromatic carbocycles. The fourth-order valence-corrected chi connectivity index (χ4v) is 13.4. The van der Waals surface area contributed by atoms with Crippen molar-refractivity contribution >= 4 is 104 Å². The van der Waals surface area contributed by atoms with Crippen molar-refractivity contribution in [2.45, 2.75) is 64.7 Å². The van der Waals surface area contributed by atoms with E-state index in [1.807, 2.05) is 0 Å². The maximum Gasteiger partial charge on any atom is 0.424 e. The summed E-state index contributed by atoms with van der Waals surface area (Å²) in [5.74, 6) is -11.1. The van der Waals surface area contributed by atoms with Gasteiger partial charge < -0.3 is 43.6 Å². The highest BCUT2D eigenvalue weighted by molar-refractivity contribution is 7.20. The number of esters is 4. The second-order valence-electron chi connectivity index (χ2n) is 23.4. The first kappa shape index (κ1) is 68.3. The molecule has 0 fully saturated rings. The zero-order chi connectivity index (χ0) is 72.1. The Bertz CT molecular complexity index is 5030. The first-order chi connectivity index (χ1) is 49.9. The van der Waals surface area contributed by atoms with Gasteiger partial charge in [-0.2, -0.15) is 15.1 Å². The van der Waals surface area contributed by atoms with Crippen molar-refractivity contribution in [2.24, 2.45) is 15.7 Å². The highest BCUT2D eigenvalue weighted by Crippen LogP contribution is 2.59. The van der Waals surface area contributed by atoms with E-state index in [-0.39, 0.29) is 87.7 Å². The molecule has 0 aliphatic carbocycles. The number of nitriles is 1. The van der Waals surface area contributed by atoms with Crippen molar-refractivity contribution < 1.29 is 85.8 Å². The Morgan fingerprint density at radius 3 is 1.03 bits per heavy atom. The topological polar surface area (TPSA) is 326 Å². The van der Waals surface area contributed by atoms with Crippen LogP contribution in [-0.2, 0) is 118 Å². The third kappa shape index (κ3) is 13.2. The van der Waals surface area contributed by atoms with E-state index in [4.69, 9.17) is 43.6 Å². The average molecular weight is 1420 g/mol. The highest BCUT2D eigenvalue weighted by Gasteiger charge is 2.62. The number of hydrogen-bond donors (Lipinski definition) is 1. The van der Waals surface area contributed by atoms with Gasteiger partial charge in [0.15, 0.2) is 0 Å². The molecule has 4 aliphatic heterocycles. The Morgan fingerprint density at radius 2 is 0.718 bits per heavy atom. The minimum Gasteiger partial charge on any atom is -0.458 e. The normalized spacial score (nSPS) is 15.5. The van der Waals surface area contributed by atoms with Gasteiger partial charge in [-0.15, -0.1) is 22.7 Å². The second-order valence-corrected chi connectivity index (χ2v) is 25.4. The molecule has 0 saturated heterocycles. The summed E-state index contributed by atoms with van der Waals surface area (Å²) in [5.41, 5.74) is -0.491. The lowest BCUT2D eigenvalue weighted by Gasteiger charge is -2.39. The van der Waals surface area contributed by atoms with Gasteiger partial charge in [-0.3, -0.25) is 19.2 Å². The van der Waals surface area contributed by atoms with Crippen LogP contribution >= 0.6 is 22.7 Å². The van der Waals surface area contributed by atoms with Crippen molar-refractivity contribution in [2.75, 3.05) is 0 Å². The minimum atomic E-state index is -3.05. The Hall–Kier alpha value is -13.3. The van der Waals surface area contributed by atoms with E-state index in [2.05, 4.69) is 9.98 Å². The number of fused-ring (bicyclic) bond motifs is 6. The second kappa shape index (κ2) is 28.9. The van der Waals surface area contributed by atoms with Gasteiger partial charge in [0.1, 0.15) is 89.9 Å². The van der Waals surface area contributed by atoms with Crippen LogP contribution in [0.15, 0.2) is 239 Å². The number of amides is 6. The molecule has 0 unspecified atom stereocenters. The first-order valence-corrected chi connectivity index (χ1v) is 33.2. The number of carbonyl (C=O) groups excluding carboxylic acids is 10. The third-order valence-electron chi connectivity index (χ3n) is 16.8. The lowest BCUT2D eigenvalue weighted by molar-refractivity contribution is -0.185. The summed E-state index contributed by atoms with van der Waals surface area (Å²) in [6, 6.07) is 57.4. The SMILES string of the molecule is CC1=C(N)C(=O)N(C(=O)OCc2ccccc2)C(=O)/C1=N/c1cc2c(s1)-c1cc3c(cc1C(C(=O)OCc1ccccc1)(C(=O)OCc1ccccc1)O2)-c1sc(/N=C2/C(=O)N(C(=O)OCc4ccccc4)C(=O)C(C#N)=C2C)cc1OC3(C(=O)OCc1ccccc1)C(=O)OCc1ccccc1. The van der Waals surface area contributed by atoms with Crippen LogP contribution in [-0.4, -0.2) is 80.9 Å². The smallest absolute Gasteiger partial charge is 0.424 e. The molecule has 24 nitrogen and oxygen atoms in total. The summed E-state index contributed by atoms with van der Waals surface area (Å²) in [4.78, 5) is 157. The maximum absolute atomic E-state index is 15.9. The van der Waals surface area contributed by atoms with Crippen LogP contribution in [0, 0.1) is 11.3 Å². The predicted octanol–water partition coefficient (Wildman–Crippen LogP) is 11.9. The standard InChI is InChI=1S/C77H54N6O18S2/c1-44-54(37-78)66(84)82(74(92)98-42-50-29-17-7-18-30-50)68(86)62(44)80-59-35-57-64(102-59)52-33-56-53(34-55(52)76(100-57,70(88)94-38-46-21-9-3-10-22-46)71(89)95-39-47-23-11-4-12-24-47)65-58(101-77(56,72(90)96-40-48-25-13-5-14-26-48)73(91)97-41-49-27-15-6-16-28-49)36-60(103-65)81-63-45(2)61(79)67(85)83(69(63)87)75(93)99-43-51-31-19-8-20-32-51/h3-36H,38-43,79H2,1-2H3/b80-62+,81-63+. The molecule has 0 bridgehead atoms. The molecule has 0 saturated carbocycles. The van der Waals surface area contributed by atoms with Crippen molar-refractivity contribution in [1.29, 1.82) is 5.26 Å². The van der Waals surface area contributed by atoms with Gasteiger partial charge in [0.05, 0.1) is 9.75 Å². The Labute approximate surface area is 593 Å². The van der Waals surface area contributed by atoms with Crippen LogP contribution < -0.4 is 15.2 Å². The molecule has 0 radical (unpaired) electrons. The van der Waals surface area contributed by atoms with Crippen LogP contribution in [0.2, 0.25) is 0 Å². The summed E-state index contributed by atoms with van der Waals surface area (Å²) >= 11 is 1.53. The van der Waals surface area contributed by atoms with Crippen molar-refractivity contribution in [3.05, 3.63) is 273 Å². The lowest BCUT2D eigenvalue weighted by atomic mass is 9.78. The summed E-state index contributed by atoms with van der Waals surface area (Å²) in [5, 5.41) is 10.1. The molecule has 2 aromatic heterocycles. The van der Waals surface area contributed by atoms with E-state index in [0.29, 0.717) is 33.4 Å². The van der Waals surface area contributed by atoms with Crippen LogP contribution in [0.3, 0.4) is 0 Å². The van der Waals surface area contributed by atoms with Crippen LogP contribution in [0.4, 0.5) is 19.6 Å². The van der Waals surface area contributed by atoms with Crippen molar-refractivity contribution in [3.63, 3.8) is 0 Å². The number of aliphatic imine (C=N–C) groups is 2. The van der Waals surface area contributed by atoms with E-state index in [1.165, 1.54) is 38.1 Å². The van der Waals surface area contributed by atoms with E-state index in [0.717, 1.165) is 22.7 Å². The summed E-state index contributed by atoms with van der Waals surface area (Å²) in [6.07, 6.45) is -2.79. The Morgan fingerprint density at radius 1 is 0.427 bits per heavy atom. The number of imide groups is 6. The summed E-state index contributed by atoms with van der Waals surface area (Å²) in [7, 11) is 0. The van der Waals surface area contributed by atoms with Gasteiger partial charge in [0.2, 0.25) is 0 Å². The largest absolute Gasteiger partial charge is 0.458 e. The molecule has 26 heteroatoms. The average Bonchev–Trinajstić information content (AvgIpc) is 1.69. The van der Waals surface area contributed by atoms with Gasteiger partial charge in [0.25, 0.3) is 23.6 Å². The van der Waals surface area contributed by atoms with Crippen LogP contribution in [0.25, 0.3) is 20.9 Å². The van der Waals surface area contributed by atoms with Crippen LogP contribution in [0.1, 0.15) is 58.4 Å². The molecule has 13 rings (SSSR count). The predicted molar refractivity (Wildman–Crippen MR) is 369 cm³/mol. The summed E-state index contributed by atoms with van der Waals surface area (Å²) in [6.45, 7) is 0.0909. The van der Waals surface area contributed by atoms with Gasteiger partial charge in [0, 0.05) is 45.5 Å². The van der Waals surface area contributed by atoms with E-state index in [9.17, 15) is 34.0 Å². The number of thiophene rings is 2. The third-order valence-corrected chi connectivity index (χ3v) is 18.9. The molecule has 103 heavy (non-hydrogen) atoms. The van der Waals surface area contributed by atoms with Crippen molar-refractivity contribution in [1.82, 2.24) is 9.80 Å². The molecule has 6 heterocycles.